The summed E-state index contributed by atoms with van der Waals surface area (Å²) in [6.45, 7) is 4.76. The molecule has 2 heterocycles. The summed E-state index contributed by atoms with van der Waals surface area (Å²) in [4.78, 5) is 14.3. The molecule has 6 heteroatoms. The molecule has 2 aliphatic rings. The number of carbonyl (C=O) groups is 1. The van der Waals surface area contributed by atoms with Crippen molar-refractivity contribution in [3.63, 3.8) is 0 Å². The highest BCUT2D eigenvalue weighted by Gasteiger charge is 2.33. The van der Waals surface area contributed by atoms with E-state index in [0.717, 1.165) is 37.8 Å². The summed E-state index contributed by atoms with van der Waals surface area (Å²) in [7, 11) is 0. The van der Waals surface area contributed by atoms with Gasteiger partial charge in [-0.15, -0.1) is 12.4 Å². The number of amides is 1. The lowest BCUT2D eigenvalue weighted by molar-refractivity contribution is -0.117. The van der Waals surface area contributed by atoms with Gasteiger partial charge in [0.25, 0.3) is 0 Å². The third-order valence-corrected chi connectivity index (χ3v) is 4.50. The fourth-order valence-electron chi connectivity index (χ4n) is 3.22. The number of nitrogens with one attached hydrogen (secondary N) is 2. The maximum absolute atomic E-state index is 12.1. The van der Waals surface area contributed by atoms with Crippen molar-refractivity contribution in [2.45, 2.75) is 6.42 Å². The third-order valence-electron chi connectivity index (χ3n) is 4.26. The number of fused-ring (bicyclic) bond motifs is 1. The molecule has 0 aliphatic carbocycles. The van der Waals surface area contributed by atoms with Crippen molar-refractivity contribution in [2.75, 3.05) is 38.0 Å². The standard InChI is InChI=1S/C15H20ClN3O.ClH/c16-13-2-1-3-14(6-13)18-15(20)10-19-5-4-11-7-17-8-12(11)9-19;/h1-3,6,11-12,17H,4-5,7-10H2,(H,18,20);1H. The van der Waals surface area contributed by atoms with E-state index in [1.807, 2.05) is 12.1 Å². The van der Waals surface area contributed by atoms with Crippen molar-refractivity contribution in [3.8, 4) is 0 Å². The van der Waals surface area contributed by atoms with Crippen molar-refractivity contribution in [3.05, 3.63) is 29.3 Å². The minimum atomic E-state index is 0. The van der Waals surface area contributed by atoms with Crippen molar-refractivity contribution in [1.82, 2.24) is 10.2 Å². The Morgan fingerprint density at radius 2 is 2.19 bits per heavy atom. The van der Waals surface area contributed by atoms with E-state index >= 15 is 0 Å². The molecule has 2 saturated heterocycles. The van der Waals surface area contributed by atoms with E-state index in [2.05, 4.69) is 15.5 Å². The lowest BCUT2D eigenvalue weighted by Gasteiger charge is -2.33. The van der Waals surface area contributed by atoms with Crippen LogP contribution in [0.1, 0.15) is 6.42 Å². The largest absolute Gasteiger partial charge is 0.325 e. The average molecular weight is 330 g/mol. The van der Waals surface area contributed by atoms with Crippen molar-refractivity contribution in [1.29, 1.82) is 0 Å². The molecule has 0 bridgehead atoms. The van der Waals surface area contributed by atoms with Gasteiger partial charge in [-0.25, -0.2) is 0 Å². The number of benzene rings is 1. The molecule has 4 nitrogen and oxygen atoms in total. The van der Waals surface area contributed by atoms with Crippen LogP contribution in [0.3, 0.4) is 0 Å². The molecule has 2 fully saturated rings. The Labute approximate surface area is 136 Å². The molecule has 116 valence electrons. The number of rotatable bonds is 3. The zero-order chi connectivity index (χ0) is 13.9. The van der Waals surface area contributed by atoms with Gasteiger partial charge in [0.1, 0.15) is 0 Å². The van der Waals surface area contributed by atoms with E-state index in [4.69, 9.17) is 11.6 Å². The minimum absolute atomic E-state index is 0. The Kier molecular flexibility index (Phi) is 5.88. The Balaban J connectivity index is 0.00000161. The van der Waals surface area contributed by atoms with Gasteiger partial charge in [-0.3, -0.25) is 9.69 Å². The fourth-order valence-corrected chi connectivity index (χ4v) is 3.41. The summed E-state index contributed by atoms with van der Waals surface area (Å²) in [6, 6.07) is 7.27. The molecule has 0 aromatic heterocycles. The fraction of sp³-hybridized carbons (Fsp3) is 0.533. The molecule has 2 N–H and O–H groups in total. The second-order valence-electron chi connectivity index (χ2n) is 5.76. The number of halogens is 2. The molecule has 0 radical (unpaired) electrons. The molecular formula is C15H21Cl2N3O. The molecule has 1 amide bonds. The zero-order valence-electron chi connectivity index (χ0n) is 11.8. The lowest BCUT2D eigenvalue weighted by Crippen LogP contribution is -2.43. The highest BCUT2D eigenvalue weighted by Crippen LogP contribution is 2.26. The van der Waals surface area contributed by atoms with E-state index in [9.17, 15) is 4.79 Å². The van der Waals surface area contributed by atoms with E-state index < -0.39 is 0 Å². The summed E-state index contributed by atoms with van der Waals surface area (Å²) in [6.07, 6.45) is 1.20. The first-order valence-electron chi connectivity index (χ1n) is 7.19. The summed E-state index contributed by atoms with van der Waals surface area (Å²) in [5.41, 5.74) is 0.764. The minimum Gasteiger partial charge on any atom is -0.325 e. The van der Waals surface area contributed by atoms with Crippen molar-refractivity contribution < 1.29 is 4.79 Å². The number of nitrogens with zero attached hydrogens (tertiary/aromatic N) is 1. The second kappa shape index (κ2) is 7.45. The second-order valence-corrected chi connectivity index (χ2v) is 6.20. The van der Waals surface area contributed by atoms with Crippen molar-refractivity contribution >= 4 is 35.6 Å². The topological polar surface area (TPSA) is 44.4 Å². The van der Waals surface area contributed by atoms with Gasteiger partial charge < -0.3 is 10.6 Å². The van der Waals surface area contributed by atoms with Crippen LogP contribution in [0, 0.1) is 11.8 Å². The molecular weight excluding hydrogens is 309 g/mol. The molecule has 2 unspecified atom stereocenters. The normalized spacial score (nSPS) is 25.0. The molecule has 1 aromatic carbocycles. The molecule has 2 atom stereocenters. The summed E-state index contributed by atoms with van der Waals surface area (Å²) < 4.78 is 0. The summed E-state index contributed by atoms with van der Waals surface area (Å²) >= 11 is 5.91. The Morgan fingerprint density at radius 3 is 3.00 bits per heavy atom. The number of hydrogen-bond acceptors (Lipinski definition) is 3. The first-order chi connectivity index (χ1) is 9.70. The number of hydrogen-bond donors (Lipinski definition) is 2. The van der Waals surface area contributed by atoms with Crippen LogP contribution in [-0.2, 0) is 4.79 Å². The van der Waals surface area contributed by atoms with Gasteiger partial charge in [0.2, 0.25) is 5.91 Å². The van der Waals surface area contributed by atoms with Crippen LogP contribution in [0.5, 0.6) is 0 Å². The number of piperidine rings is 1. The van der Waals surface area contributed by atoms with Crippen LogP contribution < -0.4 is 10.6 Å². The monoisotopic (exact) mass is 329 g/mol. The molecule has 1 aromatic rings. The highest BCUT2D eigenvalue weighted by molar-refractivity contribution is 6.30. The van der Waals surface area contributed by atoms with Gasteiger partial charge in [-0.1, -0.05) is 17.7 Å². The smallest absolute Gasteiger partial charge is 0.238 e. The van der Waals surface area contributed by atoms with Gasteiger partial charge in [0.05, 0.1) is 6.54 Å². The first-order valence-corrected chi connectivity index (χ1v) is 7.57. The Hall–Kier alpha value is -0.810. The molecule has 0 spiro atoms. The van der Waals surface area contributed by atoms with E-state index in [1.54, 1.807) is 12.1 Å². The van der Waals surface area contributed by atoms with Gasteiger partial charge in [-0.05, 0) is 56.1 Å². The first kappa shape index (κ1) is 16.6. The third kappa shape index (κ3) is 4.33. The van der Waals surface area contributed by atoms with E-state index in [0.29, 0.717) is 17.5 Å². The van der Waals surface area contributed by atoms with E-state index in [-0.39, 0.29) is 18.3 Å². The van der Waals surface area contributed by atoms with Gasteiger partial charge in [0.15, 0.2) is 0 Å². The lowest BCUT2D eigenvalue weighted by atomic mass is 9.89. The predicted molar refractivity (Wildman–Crippen MR) is 88.2 cm³/mol. The molecule has 2 aliphatic heterocycles. The van der Waals surface area contributed by atoms with E-state index in [1.165, 1.54) is 6.42 Å². The van der Waals surface area contributed by atoms with Gasteiger partial charge in [0, 0.05) is 17.3 Å². The van der Waals surface area contributed by atoms with Crippen molar-refractivity contribution in [2.24, 2.45) is 11.8 Å². The van der Waals surface area contributed by atoms with Crippen LogP contribution in [0.15, 0.2) is 24.3 Å². The SMILES string of the molecule is Cl.O=C(CN1CCC2CNCC2C1)Nc1cccc(Cl)c1. The maximum atomic E-state index is 12.1. The number of likely N-dealkylation sites (tertiary alicyclic amines) is 1. The summed E-state index contributed by atoms with van der Waals surface area (Å²) in [5.74, 6) is 1.56. The predicted octanol–water partition coefficient (Wildman–Crippen LogP) is 2.24. The van der Waals surface area contributed by atoms with Crippen LogP contribution in [-0.4, -0.2) is 43.5 Å². The quantitative estimate of drug-likeness (QED) is 0.893. The summed E-state index contributed by atoms with van der Waals surface area (Å²) in [5, 5.41) is 6.99. The van der Waals surface area contributed by atoms with Crippen LogP contribution in [0.2, 0.25) is 5.02 Å². The van der Waals surface area contributed by atoms with Crippen LogP contribution >= 0.6 is 24.0 Å². The number of carbonyl (C=O) groups excluding carboxylic acids is 1. The zero-order valence-corrected chi connectivity index (χ0v) is 13.4. The Morgan fingerprint density at radius 1 is 1.38 bits per heavy atom. The maximum Gasteiger partial charge on any atom is 0.238 e. The van der Waals surface area contributed by atoms with Crippen LogP contribution in [0.25, 0.3) is 0 Å². The molecule has 0 saturated carbocycles. The van der Waals surface area contributed by atoms with Gasteiger partial charge >= 0.3 is 0 Å². The molecule has 3 rings (SSSR count). The Bertz CT molecular complexity index is 498. The number of anilines is 1. The van der Waals surface area contributed by atoms with Crippen LogP contribution in [0.4, 0.5) is 5.69 Å². The van der Waals surface area contributed by atoms with Gasteiger partial charge in [-0.2, -0.15) is 0 Å². The molecule has 21 heavy (non-hydrogen) atoms. The highest BCUT2D eigenvalue weighted by atomic mass is 35.5. The average Bonchev–Trinajstić information content (AvgIpc) is 2.86.